The van der Waals surface area contributed by atoms with Crippen LogP contribution in [0.1, 0.15) is 5.56 Å². The summed E-state index contributed by atoms with van der Waals surface area (Å²) >= 11 is 0. The smallest absolute Gasteiger partial charge is 0.139 e. The Bertz CT molecular complexity index is 250. The molecule has 3 heteroatoms. The number of hydrogen-bond acceptors (Lipinski definition) is 2. The Balaban J connectivity index is 3.13. The van der Waals surface area contributed by atoms with Crippen LogP contribution in [-0.4, -0.2) is 12.2 Å². The lowest BCUT2D eigenvalue weighted by Gasteiger charge is -2.06. The first kappa shape index (κ1) is 7.85. The fourth-order valence-electron chi connectivity index (χ4n) is 0.987. The summed E-state index contributed by atoms with van der Waals surface area (Å²) in [4.78, 5) is 0. The Morgan fingerprint density at radius 3 is 2.73 bits per heavy atom. The average molecular weight is 155 g/mol. The van der Waals surface area contributed by atoms with Crippen LogP contribution < -0.4 is 5.32 Å². The molecule has 0 saturated carbocycles. The van der Waals surface area contributed by atoms with Crippen LogP contribution >= 0.6 is 0 Å². The van der Waals surface area contributed by atoms with Crippen molar-refractivity contribution < 1.29 is 9.50 Å². The maximum Gasteiger partial charge on any atom is 0.139 e. The monoisotopic (exact) mass is 155 g/mol. The third-order valence-corrected chi connectivity index (χ3v) is 1.52. The molecule has 2 nitrogen and oxygen atoms in total. The molecule has 0 heterocycles. The summed E-state index contributed by atoms with van der Waals surface area (Å²) in [6.07, 6.45) is 0. The van der Waals surface area contributed by atoms with Crippen LogP contribution in [0.2, 0.25) is 0 Å². The molecule has 0 spiro atoms. The lowest BCUT2D eigenvalue weighted by Crippen LogP contribution is -1.93. The van der Waals surface area contributed by atoms with Gasteiger partial charge in [0.1, 0.15) is 12.4 Å². The summed E-state index contributed by atoms with van der Waals surface area (Å²) < 4.78 is 12.2. The van der Waals surface area contributed by atoms with Crippen molar-refractivity contribution in [1.82, 2.24) is 0 Å². The van der Waals surface area contributed by atoms with E-state index < -0.39 is 6.67 Å². The molecule has 0 bridgehead atoms. The van der Waals surface area contributed by atoms with E-state index in [0.717, 1.165) is 0 Å². The van der Waals surface area contributed by atoms with Gasteiger partial charge in [0, 0.05) is 12.6 Å². The molecule has 0 aliphatic rings. The molecule has 1 rings (SSSR count). The number of phenols is 1. The molecule has 1 aromatic carbocycles. The van der Waals surface area contributed by atoms with E-state index in [1.165, 1.54) is 6.07 Å². The number of rotatable bonds is 2. The highest BCUT2D eigenvalue weighted by atomic mass is 19.1. The molecular weight excluding hydrogens is 145 g/mol. The van der Waals surface area contributed by atoms with E-state index in [4.69, 9.17) is 0 Å². The fourth-order valence-corrected chi connectivity index (χ4v) is 0.987. The van der Waals surface area contributed by atoms with Gasteiger partial charge in [-0.25, -0.2) is 4.39 Å². The van der Waals surface area contributed by atoms with Crippen molar-refractivity contribution in [2.45, 2.75) is 6.67 Å². The molecular formula is C8H10FNO. The van der Waals surface area contributed by atoms with Crippen molar-refractivity contribution in [2.75, 3.05) is 12.4 Å². The van der Waals surface area contributed by atoms with Crippen molar-refractivity contribution in [3.8, 4) is 5.75 Å². The van der Waals surface area contributed by atoms with Gasteiger partial charge in [0.15, 0.2) is 0 Å². The Morgan fingerprint density at radius 1 is 1.55 bits per heavy atom. The van der Waals surface area contributed by atoms with Gasteiger partial charge in [-0.05, 0) is 6.07 Å². The first-order valence-corrected chi connectivity index (χ1v) is 3.34. The minimum Gasteiger partial charge on any atom is -0.506 e. The van der Waals surface area contributed by atoms with Crippen LogP contribution in [0.3, 0.4) is 0 Å². The molecule has 0 atom stereocenters. The predicted octanol–water partition coefficient (Wildman–Crippen LogP) is 1.90. The topological polar surface area (TPSA) is 32.3 Å². The van der Waals surface area contributed by atoms with Gasteiger partial charge in [0.2, 0.25) is 0 Å². The fraction of sp³-hybridized carbons (Fsp3) is 0.250. The highest BCUT2D eigenvalue weighted by Crippen LogP contribution is 2.26. The third-order valence-electron chi connectivity index (χ3n) is 1.52. The van der Waals surface area contributed by atoms with Crippen molar-refractivity contribution in [3.63, 3.8) is 0 Å². The Labute approximate surface area is 64.7 Å². The molecule has 2 N–H and O–H groups in total. The molecule has 0 saturated heterocycles. The zero-order chi connectivity index (χ0) is 8.27. The predicted molar refractivity (Wildman–Crippen MR) is 42.5 cm³/mol. The number of phenolic OH excluding ortho intramolecular Hbond substituents is 1. The molecule has 0 aliphatic carbocycles. The first-order chi connectivity index (χ1) is 5.29. The van der Waals surface area contributed by atoms with Gasteiger partial charge in [-0.15, -0.1) is 0 Å². The van der Waals surface area contributed by atoms with E-state index in [-0.39, 0.29) is 5.75 Å². The number of aromatic hydroxyl groups is 1. The summed E-state index contributed by atoms with van der Waals surface area (Å²) in [5.41, 5.74) is 0.947. The molecule has 60 valence electrons. The highest BCUT2D eigenvalue weighted by Gasteiger charge is 2.03. The van der Waals surface area contributed by atoms with E-state index in [2.05, 4.69) is 5.32 Å². The van der Waals surface area contributed by atoms with Gasteiger partial charge < -0.3 is 10.4 Å². The number of nitrogens with one attached hydrogen (secondary N) is 1. The van der Waals surface area contributed by atoms with Crippen LogP contribution in [0.15, 0.2) is 18.2 Å². The lowest BCUT2D eigenvalue weighted by atomic mass is 10.2. The largest absolute Gasteiger partial charge is 0.506 e. The molecule has 0 radical (unpaired) electrons. The van der Waals surface area contributed by atoms with E-state index in [1.807, 2.05) is 0 Å². The molecule has 11 heavy (non-hydrogen) atoms. The number of benzene rings is 1. The van der Waals surface area contributed by atoms with Crippen molar-refractivity contribution in [3.05, 3.63) is 23.8 Å². The van der Waals surface area contributed by atoms with Gasteiger partial charge in [-0.2, -0.15) is 0 Å². The molecule has 1 aromatic rings. The molecule has 0 aliphatic heterocycles. The summed E-state index contributed by atoms with van der Waals surface area (Å²) in [6.45, 7) is -0.565. The Kier molecular flexibility index (Phi) is 2.31. The van der Waals surface area contributed by atoms with E-state index in [0.29, 0.717) is 11.3 Å². The summed E-state index contributed by atoms with van der Waals surface area (Å²) in [5, 5.41) is 11.9. The average Bonchev–Trinajstić information content (AvgIpc) is 2.04. The normalized spacial score (nSPS) is 9.64. The number of para-hydroxylation sites is 1. The summed E-state index contributed by atoms with van der Waals surface area (Å²) in [6, 6.07) is 4.77. The quantitative estimate of drug-likeness (QED) is 0.639. The second kappa shape index (κ2) is 3.23. The highest BCUT2D eigenvalue weighted by molar-refractivity contribution is 5.60. The van der Waals surface area contributed by atoms with Gasteiger partial charge in [-0.3, -0.25) is 0 Å². The van der Waals surface area contributed by atoms with Crippen molar-refractivity contribution in [1.29, 1.82) is 0 Å². The van der Waals surface area contributed by atoms with Crippen LogP contribution in [-0.2, 0) is 6.67 Å². The minimum atomic E-state index is -0.565. The Hall–Kier alpha value is -1.25. The summed E-state index contributed by atoms with van der Waals surface area (Å²) in [5.74, 6) is 0.0858. The molecule has 0 aromatic heterocycles. The zero-order valence-electron chi connectivity index (χ0n) is 6.26. The maximum absolute atomic E-state index is 12.2. The van der Waals surface area contributed by atoms with Gasteiger partial charge >= 0.3 is 0 Å². The molecule has 0 fully saturated rings. The minimum absolute atomic E-state index is 0.0858. The van der Waals surface area contributed by atoms with Crippen LogP contribution in [0.25, 0.3) is 0 Å². The standard InChI is InChI=1S/C8H10FNO/c1-10-8-6(5-9)3-2-4-7(8)11/h2-4,10-11H,5H2,1H3. The van der Waals surface area contributed by atoms with Crippen LogP contribution in [0.5, 0.6) is 5.75 Å². The second-order valence-electron chi connectivity index (χ2n) is 2.19. The number of halogens is 1. The number of alkyl halides is 1. The van der Waals surface area contributed by atoms with E-state index >= 15 is 0 Å². The number of hydrogen-bond donors (Lipinski definition) is 2. The van der Waals surface area contributed by atoms with Gasteiger partial charge in [-0.1, -0.05) is 12.1 Å². The third kappa shape index (κ3) is 1.42. The second-order valence-corrected chi connectivity index (χ2v) is 2.19. The number of anilines is 1. The molecule has 0 amide bonds. The Morgan fingerprint density at radius 2 is 2.27 bits per heavy atom. The maximum atomic E-state index is 12.2. The van der Waals surface area contributed by atoms with Crippen LogP contribution in [0, 0.1) is 0 Å². The molecule has 0 unspecified atom stereocenters. The van der Waals surface area contributed by atoms with Crippen molar-refractivity contribution in [2.24, 2.45) is 0 Å². The zero-order valence-corrected chi connectivity index (χ0v) is 6.26. The van der Waals surface area contributed by atoms with Gasteiger partial charge in [0.25, 0.3) is 0 Å². The lowest BCUT2D eigenvalue weighted by molar-refractivity contribution is 0.466. The van der Waals surface area contributed by atoms with Gasteiger partial charge in [0.05, 0.1) is 5.69 Å². The van der Waals surface area contributed by atoms with E-state index in [1.54, 1.807) is 19.2 Å². The van der Waals surface area contributed by atoms with E-state index in [9.17, 15) is 9.50 Å². The SMILES string of the molecule is CNc1c(O)cccc1CF. The van der Waals surface area contributed by atoms with Crippen molar-refractivity contribution >= 4 is 5.69 Å². The summed E-state index contributed by atoms with van der Waals surface area (Å²) in [7, 11) is 1.65. The van der Waals surface area contributed by atoms with Crippen LogP contribution in [0.4, 0.5) is 10.1 Å². The first-order valence-electron chi connectivity index (χ1n) is 3.34.